The van der Waals surface area contributed by atoms with Crippen molar-refractivity contribution in [2.75, 3.05) is 5.32 Å². The third-order valence-corrected chi connectivity index (χ3v) is 5.71. The van der Waals surface area contributed by atoms with Gasteiger partial charge in [-0.05, 0) is 61.2 Å². The molecule has 31 heavy (non-hydrogen) atoms. The number of hydrogen-bond acceptors (Lipinski definition) is 2. The number of aromatic nitrogens is 2. The Morgan fingerprint density at radius 2 is 1.71 bits per heavy atom. The fourth-order valence-corrected chi connectivity index (χ4v) is 4.24. The predicted molar refractivity (Wildman–Crippen MR) is 135 cm³/mol. The predicted octanol–water partition coefficient (Wildman–Crippen LogP) is 6.07. The van der Waals surface area contributed by atoms with Gasteiger partial charge in [0, 0.05) is 34.2 Å². The van der Waals surface area contributed by atoms with Crippen LogP contribution in [0.2, 0.25) is 0 Å². The molecule has 2 heterocycles. The second-order valence-corrected chi connectivity index (χ2v) is 7.69. The zero-order valence-corrected chi connectivity index (χ0v) is 18.5. The zero-order chi connectivity index (χ0) is 20.7. The molecular weight excluding hydrogens is 402 g/mol. The van der Waals surface area contributed by atoms with E-state index in [2.05, 4.69) is 41.5 Å². The molecule has 0 radical (unpaired) electrons. The lowest BCUT2D eigenvalue weighted by Crippen LogP contribution is -2.26. The summed E-state index contributed by atoms with van der Waals surface area (Å²) in [5, 5.41) is 6.49. The molecule has 156 valence electrons. The Hall–Kier alpha value is -3.44. The number of nitrogens with zero attached hydrogens (tertiary/aromatic N) is 1. The van der Waals surface area contributed by atoms with E-state index in [-0.39, 0.29) is 25.1 Å². The van der Waals surface area contributed by atoms with Gasteiger partial charge >= 0.3 is 0 Å². The van der Waals surface area contributed by atoms with Crippen molar-refractivity contribution in [3.63, 3.8) is 0 Å². The van der Waals surface area contributed by atoms with Gasteiger partial charge in [-0.3, -0.25) is 9.36 Å². The van der Waals surface area contributed by atoms with Gasteiger partial charge in [-0.15, -0.1) is 0 Å². The molecule has 0 spiro atoms. The van der Waals surface area contributed by atoms with Crippen molar-refractivity contribution in [2.45, 2.75) is 19.9 Å². The van der Waals surface area contributed by atoms with Crippen LogP contribution in [0.5, 0.6) is 0 Å². The minimum Gasteiger partial charge on any atom is -0.376 e. The first-order chi connectivity index (χ1) is 14.6. The summed E-state index contributed by atoms with van der Waals surface area (Å²) in [5.74, 6) is 0. The van der Waals surface area contributed by atoms with E-state index in [4.69, 9.17) is 0 Å². The van der Waals surface area contributed by atoms with Crippen LogP contribution in [0.15, 0.2) is 89.9 Å². The number of hydrogen-bond donors (Lipinski definition) is 2. The highest BCUT2D eigenvalue weighted by atomic mass is 32.1. The van der Waals surface area contributed by atoms with Crippen molar-refractivity contribution in [1.82, 2.24) is 9.55 Å². The molecule has 0 aliphatic carbocycles. The Morgan fingerprint density at radius 3 is 2.52 bits per heavy atom. The molecule has 0 saturated carbocycles. The summed E-state index contributed by atoms with van der Waals surface area (Å²) in [5.41, 5.74) is 4.93. The van der Waals surface area contributed by atoms with E-state index >= 15 is 0 Å². The topological polar surface area (TPSA) is 49.8 Å². The third-order valence-electron chi connectivity index (χ3n) is 5.71. The lowest BCUT2D eigenvalue weighted by molar-refractivity contribution is 0.778. The van der Waals surface area contributed by atoms with E-state index in [1.165, 1.54) is 0 Å². The molecule has 4 nitrogen and oxygen atoms in total. The van der Waals surface area contributed by atoms with Gasteiger partial charge < -0.3 is 10.3 Å². The van der Waals surface area contributed by atoms with Crippen molar-refractivity contribution in [3.05, 3.63) is 107 Å². The van der Waals surface area contributed by atoms with Crippen molar-refractivity contribution < 1.29 is 0 Å². The van der Waals surface area contributed by atoms with Gasteiger partial charge in [0.05, 0.1) is 11.4 Å². The molecule has 1 atom stereocenters. The molecule has 0 aliphatic heterocycles. The molecule has 2 aromatic heterocycles. The number of pyridine rings is 1. The van der Waals surface area contributed by atoms with Gasteiger partial charge in [-0.1, -0.05) is 42.5 Å². The van der Waals surface area contributed by atoms with Gasteiger partial charge in [0.15, 0.2) is 0 Å². The summed E-state index contributed by atoms with van der Waals surface area (Å²) in [6.07, 6.45) is 1.94. The van der Waals surface area contributed by atoms with E-state index < -0.39 is 0 Å². The minimum absolute atomic E-state index is 0. The Morgan fingerprint density at radius 1 is 0.935 bits per heavy atom. The number of rotatable bonds is 4. The first-order valence-electron chi connectivity index (χ1n) is 10.2. The summed E-state index contributed by atoms with van der Waals surface area (Å²) in [7, 11) is 0. The first-order valence-corrected chi connectivity index (χ1v) is 10.2. The van der Waals surface area contributed by atoms with Crippen LogP contribution >= 0.6 is 13.5 Å². The lowest BCUT2D eigenvalue weighted by Gasteiger charge is -2.22. The average molecular weight is 428 g/mol. The third kappa shape index (κ3) is 3.62. The fourth-order valence-electron chi connectivity index (χ4n) is 4.24. The van der Waals surface area contributed by atoms with Gasteiger partial charge in [0.1, 0.15) is 0 Å². The van der Waals surface area contributed by atoms with E-state index in [0.717, 1.165) is 44.3 Å². The number of aromatic amines is 1. The second-order valence-electron chi connectivity index (χ2n) is 7.69. The highest BCUT2D eigenvalue weighted by Crippen LogP contribution is 2.29. The molecule has 0 bridgehead atoms. The van der Waals surface area contributed by atoms with Gasteiger partial charge in [-0.2, -0.15) is 13.5 Å². The summed E-state index contributed by atoms with van der Waals surface area (Å²) in [6.45, 7) is 4.09. The number of H-pyrrole nitrogens is 1. The van der Waals surface area contributed by atoms with Crippen LogP contribution in [0.25, 0.3) is 27.4 Å². The monoisotopic (exact) mass is 427 g/mol. The molecule has 3 aromatic carbocycles. The van der Waals surface area contributed by atoms with Crippen molar-refractivity contribution >= 4 is 40.9 Å². The van der Waals surface area contributed by atoms with Crippen LogP contribution in [0.3, 0.4) is 0 Å². The molecule has 5 aromatic rings. The summed E-state index contributed by atoms with van der Waals surface area (Å²) in [6, 6.07) is 26.2. The number of aryl methyl sites for hydroxylation is 1. The maximum absolute atomic E-state index is 13.6. The molecule has 0 amide bonds. The maximum Gasteiger partial charge on any atom is 0.263 e. The number of benzene rings is 3. The second kappa shape index (κ2) is 8.36. The van der Waals surface area contributed by atoms with Crippen LogP contribution in [-0.2, 0) is 0 Å². The molecule has 2 N–H and O–H groups in total. The summed E-state index contributed by atoms with van der Waals surface area (Å²) < 4.78 is 1.84. The first kappa shape index (κ1) is 20.8. The molecule has 0 unspecified atom stereocenters. The fraction of sp³-hybridized carbons (Fsp3) is 0.115. The van der Waals surface area contributed by atoms with Crippen LogP contribution in [-0.4, -0.2) is 9.55 Å². The normalized spacial score (nSPS) is 11.9. The SMILES string of the molecule is Cc1cccc2cc([C@H](C)Nc3cccc4[nH]ccc34)n(-c3ccccc3)c(=O)c12.S. The molecule has 0 aliphatic rings. The molecule has 5 heteroatoms. The summed E-state index contributed by atoms with van der Waals surface area (Å²) in [4.78, 5) is 16.9. The average Bonchev–Trinajstić information content (AvgIpc) is 3.24. The number of fused-ring (bicyclic) bond motifs is 2. The highest BCUT2D eigenvalue weighted by Gasteiger charge is 2.18. The van der Waals surface area contributed by atoms with Gasteiger partial charge in [-0.25, -0.2) is 0 Å². The van der Waals surface area contributed by atoms with Crippen molar-refractivity contribution in [1.29, 1.82) is 0 Å². The Labute approximate surface area is 188 Å². The molecular formula is C26H25N3OS. The quantitative estimate of drug-likeness (QED) is 0.366. The van der Waals surface area contributed by atoms with Crippen molar-refractivity contribution in [3.8, 4) is 5.69 Å². The van der Waals surface area contributed by atoms with Crippen LogP contribution in [0, 0.1) is 6.92 Å². The zero-order valence-electron chi connectivity index (χ0n) is 17.5. The van der Waals surface area contributed by atoms with Gasteiger partial charge in [0.2, 0.25) is 0 Å². The van der Waals surface area contributed by atoms with Crippen LogP contribution in [0.4, 0.5) is 5.69 Å². The number of anilines is 1. The van der Waals surface area contributed by atoms with E-state index in [0.29, 0.717) is 0 Å². The Balaban J connectivity index is 0.00000231. The standard InChI is InChI=1S/C26H23N3O.H2S/c1-17-8-6-9-19-16-24(29(26(30)25(17)19)20-10-4-3-5-11-20)18(2)28-23-13-7-12-22-21(23)14-15-27-22;/h3-16,18,27-28H,1-2H3;1H2/t18-;/m0./s1. The largest absolute Gasteiger partial charge is 0.376 e. The van der Waals surface area contributed by atoms with Crippen LogP contribution < -0.4 is 10.9 Å². The van der Waals surface area contributed by atoms with Gasteiger partial charge in [0.25, 0.3) is 5.56 Å². The van der Waals surface area contributed by atoms with E-state index in [9.17, 15) is 4.79 Å². The van der Waals surface area contributed by atoms with E-state index in [1.54, 1.807) is 0 Å². The molecule has 5 rings (SSSR count). The number of nitrogens with one attached hydrogen (secondary N) is 2. The molecule has 0 saturated heterocycles. The summed E-state index contributed by atoms with van der Waals surface area (Å²) >= 11 is 0. The number of para-hydroxylation sites is 1. The van der Waals surface area contributed by atoms with E-state index in [1.807, 2.05) is 72.3 Å². The highest BCUT2D eigenvalue weighted by molar-refractivity contribution is 7.59. The van der Waals surface area contributed by atoms with Crippen molar-refractivity contribution in [2.24, 2.45) is 0 Å². The smallest absolute Gasteiger partial charge is 0.263 e. The minimum atomic E-state index is -0.0803. The van der Waals surface area contributed by atoms with Crippen LogP contribution in [0.1, 0.15) is 24.2 Å². The Bertz CT molecular complexity index is 1420. The Kier molecular flexibility index (Phi) is 5.61. The lowest BCUT2D eigenvalue weighted by atomic mass is 10.0. The molecule has 0 fully saturated rings. The maximum atomic E-state index is 13.6.